The second-order valence-corrected chi connectivity index (χ2v) is 5.37. The number of esters is 1. The monoisotopic (exact) mass is 330 g/mol. The highest BCUT2D eigenvalue weighted by molar-refractivity contribution is 5.87. The van der Waals surface area contributed by atoms with E-state index < -0.39 is 0 Å². The minimum absolute atomic E-state index is 0.0610. The number of ether oxygens (including phenoxy) is 2. The van der Waals surface area contributed by atoms with Crippen molar-refractivity contribution in [2.45, 2.75) is 12.8 Å². The average Bonchev–Trinajstić information content (AvgIpc) is 2.61. The number of amides is 1. The van der Waals surface area contributed by atoms with Crippen LogP contribution in [-0.2, 0) is 25.5 Å². The fourth-order valence-corrected chi connectivity index (χ4v) is 2.48. The summed E-state index contributed by atoms with van der Waals surface area (Å²) in [7, 11) is 2.92. The number of carbonyl (C=O) groups excluding carboxylic acids is 2. The lowest BCUT2D eigenvalue weighted by Crippen LogP contribution is -2.36. The van der Waals surface area contributed by atoms with Crippen LogP contribution in [0.5, 0.6) is 0 Å². The van der Waals surface area contributed by atoms with Crippen LogP contribution in [0, 0.1) is 0 Å². The highest BCUT2D eigenvalue weighted by atomic mass is 16.5. The number of benzene rings is 1. The number of methoxy groups -OCH3 is 2. The van der Waals surface area contributed by atoms with Crippen molar-refractivity contribution in [1.29, 1.82) is 0 Å². The highest BCUT2D eigenvalue weighted by Gasteiger charge is 2.17. The number of hydrogen-bond acceptors (Lipinski definition) is 5. The SMILES string of the molecule is COCCN(CCC(=O)OC)C(=O)Cc1cccc2cccnc12. The first kappa shape index (κ1) is 17.9. The molecular weight excluding hydrogens is 308 g/mol. The molecule has 0 saturated carbocycles. The molecule has 6 heteroatoms. The van der Waals surface area contributed by atoms with Gasteiger partial charge in [-0.3, -0.25) is 14.6 Å². The number of rotatable bonds is 8. The number of nitrogens with zero attached hydrogens (tertiary/aromatic N) is 2. The third-order valence-corrected chi connectivity index (χ3v) is 3.79. The Balaban J connectivity index is 2.11. The van der Waals surface area contributed by atoms with Crippen LogP contribution in [0.15, 0.2) is 36.5 Å². The molecule has 0 fully saturated rings. The van der Waals surface area contributed by atoms with Gasteiger partial charge in [-0.2, -0.15) is 0 Å². The van der Waals surface area contributed by atoms with E-state index in [1.807, 2.05) is 30.3 Å². The Kier molecular flexibility index (Phi) is 6.69. The van der Waals surface area contributed by atoms with Crippen LogP contribution in [0.3, 0.4) is 0 Å². The molecule has 0 unspecified atom stereocenters. The molecule has 0 saturated heterocycles. The number of carbonyl (C=O) groups is 2. The maximum Gasteiger partial charge on any atom is 0.307 e. The molecule has 0 atom stereocenters. The molecule has 1 heterocycles. The summed E-state index contributed by atoms with van der Waals surface area (Å²) in [4.78, 5) is 30.0. The van der Waals surface area contributed by atoms with Crippen LogP contribution >= 0.6 is 0 Å². The van der Waals surface area contributed by atoms with E-state index in [1.54, 1.807) is 18.2 Å². The highest BCUT2D eigenvalue weighted by Crippen LogP contribution is 2.17. The van der Waals surface area contributed by atoms with Crippen molar-refractivity contribution >= 4 is 22.8 Å². The molecule has 0 spiro atoms. The fraction of sp³-hybridized carbons (Fsp3) is 0.389. The zero-order valence-corrected chi connectivity index (χ0v) is 14.0. The maximum atomic E-state index is 12.7. The Morgan fingerprint density at radius 2 is 1.92 bits per heavy atom. The van der Waals surface area contributed by atoms with Gasteiger partial charge in [-0.1, -0.05) is 24.3 Å². The van der Waals surface area contributed by atoms with Gasteiger partial charge < -0.3 is 14.4 Å². The van der Waals surface area contributed by atoms with E-state index in [9.17, 15) is 9.59 Å². The molecular formula is C18H22N2O4. The zero-order valence-electron chi connectivity index (χ0n) is 14.0. The first-order chi connectivity index (χ1) is 11.7. The molecule has 0 bridgehead atoms. The number of para-hydroxylation sites is 1. The van der Waals surface area contributed by atoms with Gasteiger partial charge in [-0.25, -0.2) is 0 Å². The van der Waals surface area contributed by atoms with Crippen LogP contribution in [0.1, 0.15) is 12.0 Å². The average molecular weight is 330 g/mol. The van der Waals surface area contributed by atoms with Gasteiger partial charge in [0.05, 0.1) is 32.1 Å². The normalized spacial score (nSPS) is 10.6. The molecule has 2 rings (SSSR count). The van der Waals surface area contributed by atoms with E-state index in [2.05, 4.69) is 9.72 Å². The lowest BCUT2D eigenvalue weighted by molar-refractivity contribution is -0.141. The quantitative estimate of drug-likeness (QED) is 0.691. The summed E-state index contributed by atoms with van der Waals surface area (Å²) >= 11 is 0. The smallest absolute Gasteiger partial charge is 0.307 e. The summed E-state index contributed by atoms with van der Waals surface area (Å²) < 4.78 is 9.70. The summed E-state index contributed by atoms with van der Waals surface area (Å²) in [5.74, 6) is -0.397. The van der Waals surface area contributed by atoms with Crippen molar-refractivity contribution in [3.8, 4) is 0 Å². The fourth-order valence-electron chi connectivity index (χ4n) is 2.48. The molecule has 24 heavy (non-hydrogen) atoms. The largest absolute Gasteiger partial charge is 0.469 e. The zero-order chi connectivity index (χ0) is 17.4. The summed E-state index contributed by atoms with van der Waals surface area (Å²) in [6.07, 6.45) is 2.12. The van der Waals surface area contributed by atoms with Crippen LogP contribution in [0.4, 0.5) is 0 Å². The molecule has 1 amide bonds. The summed E-state index contributed by atoms with van der Waals surface area (Å²) in [5, 5.41) is 1.00. The van der Waals surface area contributed by atoms with E-state index in [1.165, 1.54) is 7.11 Å². The van der Waals surface area contributed by atoms with Gasteiger partial charge in [0.25, 0.3) is 0 Å². The van der Waals surface area contributed by atoms with Crippen LogP contribution in [-0.4, -0.2) is 55.7 Å². The van der Waals surface area contributed by atoms with Crippen molar-refractivity contribution in [2.24, 2.45) is 0 Å². The Morgan fingerprint density at radius 1 is 1.12 bits per heavy atom. The Hall–Kier alpha value is -2.47. The van der Waals surface area contributed by atoms with Gasteiger partial charge in [0, 0.05) is 31.8 Å². The van der Waals surface area contributed by atoms with Gasteiger partial charge in [-0.15, -0.1) is 0 Å². The van der Waals surface area contributed by atoms with E-state index in [0.29, 0.717) is 19.7 Å². The summed E-state index contributed by atoms with van der Waals surface area (Å²) in [6, 6.07) is 9.63. The third kappa shape index (κ3) is 4.76. The lowest BCUT2D eigenvalue weighted by Gasteiger charge is -2.22. The van der Waals surface area contributed by atoms with Gasteiger partial charge in [0.2, 0.25) is 5.91 Å². The van der Waals surface area contributed by atoms with E-state index in [-0.39, 0.29) is 24.7 Å². The predicted octanol–water partition coefficient (Wildman–Crippen LogP) is 1.82. The Labute approximate surface area is 141 Å². The second-order valence-electron chi connectivity index (χ2n) is 5.37. The lowest BCUT2D eigenvalue weighted by atomic mass is 10.1. The number of fused-ring (bicyclic) bond motifs is 1. The molecule has 0 N–H and O–H groups in total. The third-order valence-electron chi connectivity index (χ3n) is 3.79. The molecule has 0 aliphatic rings. The van der Waals surface area contributed by atoms with Gasteiger partial charge >= 0.3 is 5.97 Å². The number of aromatic nitrogens is 1. The number of pyridine rings is 1. The van der Waals surface area contributed by atoms with Crippen LogP contribution < -0.4 is 0 Å². The Morgan fingerprint density at radius 3 is 2.67 bits per heavy atom. The first-order valence-electron chi connectivity index (χ1n) is 7.82. The minimum Gasteiger partial charge on any atom is -0.469 e. The topological polar surface area (TPSA) is 68.7 Å². The van der Waals surface area contributed by atoms with Gasteiger partial charge in [0.15, 0.2) is 0 Å². The standard InChI is InChI=1S/C18H22N2O4/c1-23-12-11-20(10-8-17(22)24-2)16(21)13-15-6-3-5-14-7-4-9-19-18(14)15/h3-7,9H,8,10-13H2,1-2H3. The van der Waals surface area contributed by atoms with Crippen molar-refractivity contribution in [3.63, 3.8) is 0 Å². The van der Waals surface area contributed by atoms with E-state index >= 15 is 0 Å². The summed E-state index contributed by atoms with van der Waals surface area (Å²) in [6.45, 7) is 1.16. The van der Waals surface area contributed by atoms with Gasteiger partial charge in [0.1, 0.15) is 0 Å². The van der Waals surface area contributed by atoms with E-state index in [0.717, 1.165) is 16.5 Å². The molecule has 1 aromatic heterocycles. The molecule has 6 nitrogen and oxygen atoms in total. The minimum atomic E-state index is -0.336. The van der Waals surface area contributed by atoms with Crippen molar-refractivity contribution in [3.05, 3.63) is 42.1 Å². The molecule has 1 aromatic carbocycles. The molecule has 0 aliphatic carbocycles. The molecule has 128 valence electrons. The van der Waals surface area contributed by atoms with Crippen molar-refractivity contribution in [1.82, 2.24) is 9.88 Å². The van der Waals surface area contributed by atoms with Crippen LogP contribution in [0.25, 0.3) is 10.9 Å². The van der Waals surface area contributed by atoms with Crippen molar-refractivity contribution in [2.75, 3.05) is 33.9 Å². The molecule has 0 radical (unpaired) electrons. The number of hydrogen-bond donors (Lipinski definition) is 0. The second kappa shape index (κ2) is 8.98. The molecule has 2 aromatic rings. The van der Waals surface area contributed by atoms with Gasteiger partial charge in [-0.05, 0) is 11.6 Å². The predicted molar refractivity (Wildman–Crippen MR) is 90.5 cm³/mol. The van der Waals surface area contributed by atoms with Crippen molar-refractivity contribution < 1.29 is 19.1 Å². The molecule has 0 aliphatic heterocycles. The summed E-state index contributed by atoms with van der Waals surface area (Å²) in [5.41, 5.74) is 1.70. The van der Waals surface area contributed by atoms with E-state index in [4.69, 9.17) is 4.74 Å². The van der Waals surface area contributed by atoms with Crippen LogP contribution in [0.2, 0.25) is 0 Å². The first-order valence-corrected chi connectivity index (χ1v) is 7.82. The Bertz CT molecular complexity index is 697. The maximum absolute atomic E-state index is 12.7.